The van der Waals surface area contributed by atoms with Crippen LogP contribution in [0.4, 0.5) is 5.69 Å². The van der Waals surface area contributed by atoms with Crippen molar-refractivity contribution in [2.75, 3.05) is 5.32 Å². The highest BCUT2D eigenvalue weighted by Crippen LogP contribution is 2.22. The van der Waals surface area contributed by atoms with Crippen molar-refractivity contribution >= 4 is 21.6 Å². The van der Waals surface area contributed by atoms with Gasteiger partial charge < -0.3 is 10.4 Å². The number of hydrogen-bond donors (Lipinski definition) is 3. The normalized spacial score (nSPS) is 14.4. The van der Waals surface area contributed by atoms with Crippen molar-refractivity contribution < 1.29 is 18.3 Å². The van der Waals surface area contributed by atoms with Crippen LogP contribution in [0.2, 0.25) is 0 Å². The number of phenolic OH excluding ortho intramolecular Hbond substituents is 1. The van der Waals surface area contributed by atoms with E-state index in [4.69, 9.17) is 0 Å². The van der Waals surface area contributed by atoms with Crippen molar-refractivity contribution in [3.8, 4) is 5.75 Å². The summed E-state index contributed by atoms with van der Waals surface area (Å²) in [6.07, 6.45) is 1.73. The van der Waals surface area contributed by atoms with Gasteiger partial charge in [-0.15, -0.1) is 0 Å². The molecule has 1 aliphatic rings. The van der Waals surface area contributed by atoms with Crippen LogP contribution < -0.4 is 10.0 Å². The standard InChI is InChI=1S/C16H16N2O4S/c19-14-3-1-2-13(10-14)17-16(20)11-4-8-15(9-5-11)23(21,22)18-12-6-7-12/h1-5,8-10,12,18-19H,6-7H2,(H,17,20). The summed E-state index contributed by atoms with van der Waals surface area (Å²) in [5, 5.41) is 12.0. The number of phenols is 1. The number of nitrogens with one attached hydrogen (secondary N) is 2. The average Bonchev–Trinajstić information content (AvgIpc) is 3.30. The molecule has 6 nitrogen and oxygen atoms in total. The summed E-state index contributed by atoms with van der Waals surface area (Å²) >= 11 is 0. The molecule has 2 aromatic rings. The van der Waals surface area contributed by atoms with Gasteiger partial charge in [0.2, 0.25) is 10.0 Å². The van der Waals surface area contributed by atoms with E-state index in [0.717, 1.165) is 12.8 Å². The highest BCUT2D eigenvalue weighted by atomic mass is 32.2. The lowest BCUT2D eigenvalue weighted by Crippen LogP contribution is -2.25. The van der Waals surface area contributed by atoms with Crippen molar-refractivity contribution in [3.63, 3.8) is 0 Å². The van der Waals surface area contributed by atoms with E-state index in [1.54, 1.807) is 12.1 Å². The first kappa shape index (κ1) is 15.5. The summed E-state index contributed by atoms with van der Waals surface area (Å²) in [5.74, 6) is -0.329. The summed E-state index contributed by atoms with van der Waals surface area (Å²) in [6, 6.07) is 12.0. The number of rotatable bonds is 5. The van der Waals surface area contributed by atoms with E-state index in [-0.39, 0.29) is 22.6 Å². The van der Waals surface area contributed by atoms with Crippen LogP contribution in [0.1, 0.15) is 23.2 Å². The zero-order chi connectivity index (χ0) is 16.4. The molecule has 0 heterocycles. The second-order valence-electron chi connectivity index (χ2n) is 5.42. The first-order valence-electron chi connectivity index (χ1n) is 7.17. The minimum absolute atomic E-state index is 0.0359. The predicted molar refractivity (Wildman–Crippen MR) is 85.8 cm³/mol. The molecular formula is C16H16N2O4S. The molecular weight excluding hydrogens is 316 g/mol. The fourth-order valence-electron chi connectivity index (χ4n) is 2.06. The summed E-state index contributed by atoms with van der Waals surface area (Å²) in [5.41, 5.74) is 0.792. The summed E-state index contributed by atoms with van der Waals surface area (Å²) in [6.45, 7) is 0. The van der Waals surface area contributed by atoms with Gasteiger partial charge in [-0.1, -0.05) is 6.07 Å². The van der Waals surface area contributed by atoms with Gasteiger partial charge in [0, 0.05) is 23.4 Å². The first-order valence-corrected chi connectivity index (χ1v) is 8.65. The van der Waals surface area contributed by atoms with Gasteiger partial charge >= 0.3 is 0 Å². The highest BCUT2D eigenvalue weighted by Gasteiger charge is 2.27. The Morgan fingerprint density at radius 3 is 2.39 bits per heavy atom. The molecule has 1 amide bonds. The van der Waals surface area contributed by atoms with Crippen LogP contribution in [0, 0.1) is 0 Å². The van der Waals surface area contributed by atoms with Crippen LogP contribution in [0.3, 0.4) is 0 Å². The Balaban J connectivity index is 1.72. The lowest BCUT2D eigenvalue weighted by atomic mass is 10.2. The van der Waals surface area contributed by atoms with Gasteiger partial charge in [0.25, 0.3) is 5.91 Å². The molecule has 3 rings (SSSR count). The molecule has 1 fully saturated rings. The molecule has 0 atom stereocenters. The molecule has 3 N–H and O–H groups in total. The summed E-state index contributed by atoms with van der Waals surface area (Å²) in [7, 11) is -3.52. The lowest BCUT2D eigenvalue weighted by Gasteiger charge is -2.08. The molecule has 0 spiro atoms. The zero-order valence-electron chi connectivity index (χ0n) is 12.2. The van der Waals surface area contributed by atoms with E-state index in [9.17, 15) is 18.3 Å². The molecule has 0 bridgehead atoms. The molecule has 23 heavy (non-hydrogen) atoms. The molecule has 120 valence electrons. The highest BCUT2D eigenvalue weighted by molar-refractivity contribution is 7.89. The van der Waals surface area contributed by atoms with Crippen molar-refractivity contribution in [1.29, 1.82) is 0 Å². The third-order valence-electron chi connectivity index (χ3n) is 3.43. The Morgan fingerprint density at radius 1 is 1.09 bits per heavy atom. The summed E-state index contributed by atoms with van der Waals surface area (Å²) < 4.78 is 26.7. The fraction of sp³-hybridized carbons (Fsp3) is 0.188. The Bertz CT molecular complexity index is 827. The number of aromatic hydroxyl groups is 1. The van der Waals surface area contributed by atoms with Gasteiger partial charge in [-0.2, -0.15) is 0 Å². The van der Waals surface area contributed by atoms with E-state index in [1.807, 2.05) is 0 Å². The maximum absolute atomic E-state index is 12.1. The minimum atomic E-state index is -3.52. The van der Waals surface area contributed by atoms with Gasteiger partial charge in [-0.05, 0) is 49.2 Å². The molecule has 0 radical (unpaired) electrons. The SMILES string of the molecule is O=C(Nc1cccc(O)c1)c1ccc(S(=O)(=O)NC2CC2)cc1. The smallest absolute Gasteiger partial charge is 0.255 e. The topological polar surface area (TPSA) is 95.5 Å². The molecule has 0 unspecified atom stereocenters. The number of carbonyl (C=O) groups is 1. The van der Waals surface area contributed by atoms with Crippen molar-refractivity contribution in [2.45, 2.75) is 23.8 Å². The maximum atomic E-state index is 12.1. The third kappa shape index (κ3) is 3.88. The van der Waals surface area contributed by atoms with Gasteiger partial charge in [0.05, 0.1) is 4.90 Å². The van der Waals surface area contributed by atoms with Gasteiger partial charge in [0.1, 0.15) is 5.75 Å². The second kappa shape index (κ2) is 6.02. The lowest BCUT2D eigenvalue weighted by molar-refractivity contribution is 0.102. The van der Waals surface area contributed by atoms with Crippen LogP contribution in [-0.4, -0.2) is 25.5 Å². The Labute approximate surface area is 134 Å². The summed E-state index contributed by atoms with van der Waals surface area (Å²) in [4.78, 5) is 12.3. The van der Waals surface area contributed by atoms with Crippen LogP contribution in [0.15, 0.2) is 53.4 Å². The van der Waals surface area contributed by atoms with Gasteiger partial charge in [0.15, 0.2) is 0 Å². The van der Waals surface area contributed by atoms with E-state index in [2.05, 4.69) is 10.0 Å². The van der Waals surface area contributed by atoms with Crippen LogP contribution in [0.25, 0.3) is 0 Å². The van der Waals surface area contributed by atoms with Crippen molar-refractivity contribution in [1.82, 2.24) is 4.72 Å². The average molecular weight is 332 g/mol. The van der Waals surface area contributed by atoms with Crippen LogP contribution in [0.5, 0.6) is 5.75 Å². The van der Waals surface area contributed by atoms with E-state index < -0.39 is 10.0 Å². The predicted octanol–water partition coefficient (Wildman–Crippen LogP) is 2.09. The number of hydrogen-bond acceptors (Lipinski definition) is 4. The van der Waals surface area contributed by atoms with Gasteiger partial charge in [-0.25, -0.2) is 13.1 Å². The van der Waals surface area contributed by atoms with Crippen LogP contribution >= 0.6 is 0 Å². The molecule has 1 saturated carbocycles. The number of anilines is 1. The van der Waals surface area contributed by atoms with E-state index >= 15 is 0 Å². The van der Waals surface area contributed by atoms with Crippen molar-refractivity contribution in [3.05, 3.63) is 54.1 Å². The number of benzene rings is 2. The fourth-order valence-corrected chi connectivity index (χ4v) is 3.37. The largest absolute Gasteiger partial charge is 0.508 e. The maximum Gasteiger partial charge on any atom is 0.255 e. The van der Waals surface area contributed by atoms with Crippen LogP contribution in [-0.2, 0) is 10.0 Å². The molecule has 0 aromatic heterocycles. The first-order chi connectivity index (χ1) is 10.9. The monoisotopic (exact) mass is 332 g/mol. The zero-order valence-corrected chi connectivity index (χ0v) is 13.0. The third-order valence-corrected chi connectivity index (χ3v) is 4.97. The Kier molecular flexibility index (Phi) is 4.06. The molecule has 0 saturated heterocycles. The Hall–Kier alpha value is -2.38. The number of amides is 1. The number of carbonyl (C=O) groups excluding carboxylic acids is 1. The minimum Gasteiger partial charge on any atom is -0.508 e. The molecule has 7 heteroatoms. The van der Waals surface area contributed by atoms with E-state index in [0.29, 0.717) is 11.3 Å². The van der Waals surface area contributed by atoms with Gasteiger partial charge in [-0.3, -0.25) is 4.79 Å². The molecule has 1 aliphatic carbocycles. The molecule has 2 aromatic carbocycles. The Morgan fingerprint density at radius 2 is 1.78 bits per heavy atom. The second-order valence-corrected chi connectivity index (χ2v) is 7.14. The number of sulfonamides is 1. The molecule has 0 aliphatic heterocycles. The quantitative estimate of drug-likeness (QED) is 0.781. The van der Waals surface area contributed by atoms with E-state index in [1.165, 1.54) is 36.4 Å². The van der Waals surface area contributed by atoms with Crippen molar-refractivity contribution in [2.24, 2.45) is 0 Å².